The second-order valence-corrected chi connectivity index (χ2v) is 29.2. The lowest BCUT2D eigenvalue weighted by Crippen LogP contribution is -2.30. The van der Waals surface area contributed by atoms with Crippen LogP contribution in [0, 0.1) is 0 Å². The highest BCUT2D eigenvalue weighted by Gasteiger charge is 2.30. The molecule has 5 unspecified atom stereocenters. The van der Waals surface area contributed by atoms with E-state index in [1.807, 2.05) is 36.5 Å². The zero-order chi connectivity index (χ0) is 77.4. The van der Waals surface area contributed by atoms with Crippen LogP contribution < -0.4 is 0 Å². The number of phosphoric acid groups is 2. The summed E-state index contributed by atoms with van der Waals surface area (Å²) in [6.45, 7) is 4.54. The normalized spacial score (nSPS) is 14.7. The highest BCUT2D eigenvalue weighted by Crippen LogP contribution is 2.45. The Hall–Kier alpha value is -5.58. The van der Waals surface area contributed by atoms with Crippen LogP contribution in [0.3, 0.4) is 0 Å². The van der Waals surface area contributed by atoms with Gasteiger partial charge in [0.2, 0.25) is 0 Å². The van der Waals surface area contributed by atoms with Crippen molar-refractivity contribution < 1.29 is 80.2 Å². The summed E-state index contributed by atoms with van der Waals surface area (Å²) in [7, 11) is -10.0. The van der Waals surface area contributed by atoms with E-state index in [0.29, 0.717) is 44.9 Å². The van der Waals surface area contributed by atoms with Crippen molar-refractivity contribution in [3.8, 4) is 0 Å². The largest absolute Gasteiger partial charge is 0.472 e. The molecule has 602 valence electrons. The average molecular weight is 1520 g/mol. The third-order valence-electron chi connectivity index (χ3n) is 16.1. The van der Waals surface area contributed by atoms with Gasteiger partial charge in [0, 0.05) is 25.7 Å². The van der Waals surface area contributed by atoms with Gasteiger partial charge in [0.25, 0.3) is 0 Å². The van der Waals surface area contributed by atoms with Crippen molar-refractivity contribution in [1.29, 1.82) is 0 Å². The summed E-state index contributed by atoms with van der Waals surface area (Å²) in [6.07, 6.45) is 92.1. The van der Waals surface area contributed by atoms with Gasteiger partial charge in [0.1, 0.15) is 19.3 Å². The van der Waals surface area contributed by atoms with Crippen molar-refractivity contribution in [1.82, 2.24) is 0 Å². The molecule has 0 spiro atoms. The van der Waals surface area contributed by atoms with Crippen LogP contribution in [0.5, 0.6) is 0 Å². The van der Waals surface area contributed by atoms with E-state index in [1.54, 1.807) is 0 Å². The summed E-state index contributed by atoms with van der Waals surface area (Å²) < 4.78 is 68.4. The lowest BCUT2D eigenvalue weighted by Gasteiger charge is -2.21. The minimum atomic E-state index is -5.02. The summed E-state index contributed by atoms with van der Waals surface area (Å²) in [4.78, 5) is 73.0. The summed E-state index contributed by atoms with van der Waals surface area (Å²) in [6, 6.07) is 0. The van der Waals surface area contributed by atoms with Crippen molar-refractivity contribution in [2.24, 2.45) is 0 Å². The summed E-state index contributed by atoms with van der Waals surface area (Å²) in [5.74, 6) is -2.40. The number of rotatable bonds is 74. The van der Waals surface area contributed by atoms with E-state index in [1.165, 1.54) is 77.0 Å². The summed E-state index contributed by atoms with van der Waals surface area (Å²) in [5.41, 5.74) is 0. The van der Waals surface area contributed by atoms with E-state index in [2.05, 4.69) is 161 Å². The molecule has 0 aromatic rings. The number of esters is 4. The third-order valence-corrected chi connectivity index (χ3v) is 18.0. The van der Waals surface area contributed by atoms with E-state index in [-0.39, 0.29) is 25.7 Å². The molecule has 0 saturated carbocycles. The topological polar surface area (TPSA) is 237 Å². The first-order valence-electron chi connectivity index (χ1n) is 40.4. The first-order valence-corrected chi connectivity index (χ1v) is 43.4. The molecule has 0 bridgehead atoms. The zero-order valence-corrected chi connectivity index (χ0v) is 67.6. The van der Waals surface area contributed by atoms with Gasteiger partial charge in [-0.25, -0.2) is 9.13 Å². The second-order valence-electron chi connectivity index (χ2n) is 26.3. The highest BCUT2D eigenvalue weighted by atomic mass is 31.2. The molecule has 17 nitrogen and oxygen atoms in total. The molecule has 0 rings (SSSR count). The number of unbranched alkanes of at least 4 members (excludes halogenated alkanes) is 20. The van der Waals surface area contributed by atoms with Crippen molar-refractivity contribution in [3.63, 3.8) is 0 Å². The number of carbonyl (C=O) groups is 4. The maximum atomic E-state index is 13.1. The maximum absolute atomic E-state index is 13.1. The van der Waals surface area contributed by atoms with Crippen molar-refractivity contribution in [3.05, 3.63) is 170 Å². The Morgan fingerprint density at radius 1 is 0.264 bits per heavy atom. The number of ether oxygens (including phenoxy) is 4. The summed E-state index contributed by atoms with van der Waals surface area (Å²) in [5, 5.41) is 10.6. The number of hydrogen-bond acceptors (Lipinski definition) is 15. The van der Waals surface area contributed by atoms with Crippen LogP contribution in [-0.2, 0) is 65.4 Å². The number of allylic oxidation sites excluding steroid dienone is 28. The first kappa shape index (κ1) is 100. The molecule has 0 aromatic carbocycles. The van der Waals surface area contributed by atoms with Crippen LogP contribution in [0.25, 0.3) is 0 Å². The van der Waals surface area contributed by atoms with Crippen molar-refractivity contribution >= 4 is 39.5 Å². The van der Waals surface area contributed by atoms with E-state index in [0.717, 1.165) is 122 Å². The van der Waals surface area contributed by atoms with Gasteiger partial charge >= 0.3 is 39.5 Å². The number of hydrogen-bond donors (Lipinski definition) is 3. The molecular formula is C87H142O17P2. The van der Waals surface area contributed by atoms with Gasteiger partial charge in [-0.3, -0.25) is 37.3 Å². The SMILES string of the molecule is CCCCCC=CCC=CCC=CCC=CCCCC(=O)OCC(COP(=O)(O)OCC(O)COP(=O)(O)OCC(COC(=O)CCCCCCCC=CCC=CCCCCC)OC(=O)CCCC=CCC=CCC=CCC=CCCCCC)OC(=O)CCCC=CCC=CCC=CCC=CCCCCC. The molecule has 0 aromatic heterocycles. The molecule has 0 aliphatic carbocycles. The van der Waals surface area contributed by atoms with E-state index < -0.39 is 97.5 Å². The number of phosphoric ester groups is 2. The number of carbonyl (C=O) groups excluding carboxylic acids is 4. The average Bonchev–Trinajstić information content (AvgIpc) is 0.905. The second kappa shape index (κ2) is 77.6. The van der Waals surface area contributed by atoms with Gasteiger partial charge in [-0.15, -0.1) is 0 Å². The van der Waals surface area contributed by atoms with Gasteiger partial charge in [0.15, 0.2) is 12.2 Å². The highest BCUT2D eigenvalue weighted by molar-refractivity contribution is 7.47. The minimum Gasteiger partial charge on any atom is -0.462 e. The Balaban J connectivity index is 5.55. The Labute approximate surface area is 642 Å². The molecule has 106 heavy (non-hydrogen) atoms. The van der Waals surface area contributed by atoms with Crippen molar-refractivity contribution in [2.45, 2.75) is 316 Å². The fourth-order valence-corrected chi connectivity index (χ4v) is 11.5. The Kier molecular flexibility index (Phi) is 73.5. The van der Waals surface area contributed by atoms with Gasteiger partial charge in [-0.1, -0.05) is 268 Å². The smallest absolute Gasteiger partial charge is 0.462 e. The molecule has 0 radical (unpaired) electrons. The molecule has 0 heterocycles. The predicted molar refractivity (Wildman–Crippen MR) is 436 cm³/mol. The van der Waals surface area contributed by atoms with E-state index in [4.69, 9.17) is 37.0 Å². The lowest BCUT2D eigenvalue weighted by molar-refractivity contribution is -0.161. The Bertz CT molecular complexity index is 2680. The Morgan fingerprint density at radius 3 is 0.745 bits per heavy atom. The van der Waals surface area contributed by atoms with Gasteiger partial charge in [0.05, 0.1) is 26.4 Å². The first-order chi connectivity index (χ1) is 51.7. The zero-order valence-electron chi connectivity index (χ0n) is 65.8. The molecule has 0 fully saturated rings. The van der Waals surface area contributed by atoms with Gasteiger partial charge in [-0.05, 0) is 173 Å². The van der Waals surface area contributed by atoms with Crippen LogP contribution in [0.15, 0.2) is 170 Å². The molecule has 5 atom stereocenters. The predicted octanol–water partition coefficient (Wildman–Crippen LogP) is 23.8. The molecule has 0 amide bonds. The molecule has 0 aliphatic rings. The Morgan fingerprint density at radius 2 is 0.472 bits per heavy atom. The third kappa shape index (κ3) is 76.6. The fraction of sp³-hybridized carbons (Fsp3) is 0.632. The van der Waals surface area contributed by atoms with Crippen LogP contribution in [0.4, 0.5) is 0 Å². The van der Waals surface area contributed by atoms with Crippen LogP contribution >= 0.6 is 15.6 Å². The summed E-state index contributed by atoms with van der Waals surface area (Å²) >= 11 is 0. The minimum absolute atomic E-state index is 0.000270. The molecule has 19 heteroatoms. The quantitative estimate of drug-likeness (QED) is 0.0169. The fourth-order valence-electron chi connectivity index (χ4n) is 9.93. The number of aliphatic hydroxyl groups is 1. The molecular weight excluding hydrogens is 1380 g/mol. The van der Waals surface area contributed by atoms with Crippen LogP contribution in [0.1, 0.15) is 297 Å². The lowest BCUT2D eigenvalue weighted by atomic mass is 10.1. The monoisotopic (exact) mass is 1520 g/mol. The number of aliphatic hydroxyl groups excluding tert-OH is 1. The van der Waals surface area contributed by atoms with E-state index >= 15 is 0 Å². The molecule has 0 aliphatic heterocycles. The van der Waals surface area contributed by atoms with Crippen LogP contribution in [0.2, 0.25) is 0 Å². The van der Waals surface area contributed by atoms with Crippen LogP contribution in [-0.4, -0.2) is 96.7 Å². The molecule has 3 N–H and O–H groups in total. The van der Waals surface area contributed by atoms with Gasteiger partial charge < -0.3 is 33.8 Å². The maximum Gasteiger partial charge on any atom is 0.472 e. The van der Waals surface area contributed by atoms with Crippen molar-refractivity contribution in [2.75, 3.05) is 39.6 Å². The molecule has 0 saturated heterocycles. The van der Waals surface area contributed by atoms with Gasteiger partial charge in [-0.2, -0.15) is 0 Å². The van der Waals surface area contributed by atoms with E-state index in [9.17, 15) is 43.2 Å². The standard InChI is InChI=1S/C87H142O17P2/c1-5-9-13-17-21-25-29-33-37-40-44-48-52-56-60-64-68-72-85(90)98-78-83(104-87(92)74-70-66-62-58-54-50-46-42-39-35-31-27-23-19-15-11-7-3)80-102-106(95,96)100-76-81(88)75-99-105(93,94)101-79-82(77-97-84(89)71-67-63-59-55-51-47-43-36-32-28-24-20-16-12-8-4)103-86(91)73-69-65-61-57-53-49-45-41-38-34-30-26-22-18-14-10-6-2/h21-28,33-39,43-46,48-50,56-58,60-62,81-83,88H,5-20,29-32,40-42,47,51-55,59,63-80H2,1-4H3,(H,93,94)(H,95,96).